The summed E-state index contributed by atoms with van der Waals surface area (Å²) in [5.41, 5.74) is 1.85. The number of hydrogen-bond donors (Lipinski definition) is 1. The lowest BCUT2D eigenvalue weighted by Gasteiger charge is -2.40. The van der Waals surface area contributed by atoms with Crippen LogP contribution < -0.4 is 10.1 Å². The van der Waals surface area contributed by atoms with Crippen molar-refractivity contribution in [3.63, 3.8) is 0 Å². The van der Waals surface area contributed by atoms with E-state index in [0.29, 0.717) is 45.1 Å². The fourth-order valence-electron chi connectivity index (χ4n) is 5.13. The van der Waals surface area contributed by atoms with Gasteiger partial charge in [0.05, 0.1) is 19.6 Å². The van der Waals surface area contributed by atoms with Crippen molar-refractivity contribution in [1.82, 2.24) is 15.1 Å². The maximum absolute atomic E-state index is 13.3. The van der Waals surface area contributed by atoms with Gasteiger partial charge in [-0.15, -0.1) is 0 Å². The Morgan fingerprint density at radius 2 is 1.59 bits per heavy atom. The van der Waals surface area contributed by atoms with E-state index in [0.717, 1.165) is 42.6 Å². The van der Waals surface area contributed by atoms with E-state index in [2.05, 4.69) is 10.2 Å². The summed E-state index contributed by atoms with van der Waals surface area (Å²) in [6, 6.07) is 13.6. The van der Waals surface area contributed by atoms with Gasteiger partial charge in [-0.05, 0) is 54.2 Å². The first-order chi connectivity index (χ1) is 16.5. The van der Waals surface area contributed by atoms with Crippen LogP contribution in [0.3, 0.4) is 0 Å². The van der Waals surface area contributed by atoms with Crippen molar-refractivity contribution in [2.75, 3.05) is 33.3 Å². The molecule has 1 saturated heterocycles. The number of halogens is 1. The van der Waals surface area contributed by atoms with Gasteiger partial charge in [-0.25, -0.2) is 4.39 Å². The average Bonchev–Trinajstić information content (AvgIpc) is 3.39. The van der Waals surface area contributed by atoms with Crippen LogP contribution in [0.5, 0.6) is 5.75 Å². The predicted octanol–water partition coefficient (Wildman–Crippen LogP) is 3.40. The first kappa shape index (κ1) is 24.2. The Labute approximate surface area is 201 Å². The van der Waals surface area contributed by atoms with Gasteiger partial charge in [0, 0.05) is 32.7 Å². The van der Waals surface area contributed by atoms with Crippen molar-refractivity contribution < 1.29 is 18.7 Å². The number of benzene rings is 2. The molecule has 1 aliphatic carbocycles. The lowest BCUT2D eigenvalue weighted by atomic mass is 9.94. The van der Waals surface area contributed by atoms with Gasteiger partial charge in [0.25, 0.3) is 0 Å². The molecule has 182 valence electrons. The standard InChI is InChI=1S/C27H34FN3O3/c1-34-24-12-8-20(9-13-24)18-25(32)30-14-16-31(17-15-30)26(22-4-2-3-5-22)27(33)29-19-21-6-10-23(28)11-7-21/h6-13,22,26H,2-5,14-19H2,1H3,(H,29,33). The van der Waals surface area contributed by atoms with E-state index >= 15 is 0 Å². The molecule has 2 amide bonds. The van der Waals surface area contributed by atoms with Crippen LogP contribution in [0.1, 0.15) is 36.8 Å². The minimum atomic E-state index is -0.279. The summed E-state index contributed by atoms with van der Waals surface area (Å²) in [4.78, 5) is 30.3. The van der Waals surface area contributed by atoms with Crippen LogP contribution >= 0.6 is 0 Å². The molecule has 0 aromatic heterocycles. The summed E-state index contributed by atoms with van der Waals surface area (Å²) in [5, 5.41) is 3.07. The third kappa shape index (κ3) is 6.14. The number of rotatable bonds is 8. The highest BCUT2D eigenvalue weighted by Gasteiger charge is 2.37. The molecule has 2 aliphatic rings. The predicted molar refractivity (Wildman–Crippen MR) is 129 cm³/mol. The lowest BCUT2D eigenvalue weighted by molar-refractivity contribution is -0.134. The number of piperazine rings is 1. The second kappa shape index (κ2) is 11.5. The largest absolute Gasteiger partial charge is 0.497 e. The van der Waals surface area contributed by atoms with Gasteiger partial charge in [0.2, 0.25) is 11.8 Å². The number of amides is 2. The fourth-order valence-corrected chi connectivity index (χ4v) is 5.13. The SMILES string of the molecule is COc1ccc(CC(=O)N2CCN(C(C(=O)NCc3ccc(F)cc3)C3CCCC3)CC2)cc1. The molecule has 4 rings (SSSR count). The Morgan fingerprint density at radius 3 is 2.21 bits per heavy atom. The molecule has 1 aliphatic heterocycles. The Morgan fingerprint density at radius 1 is 0.971 bits per heavy atom. The third-order valence-electron chi connectivity index (χ3n) is 7.07. The number of nitrogens with zero attached hydrogens (tertiary/aromatic N) is 2. The fraction of sp³-hybridized carbons (Fsp3) is 0.481. The van der Waals surface area contributed by atoms with Crippen LogP contribution in [0.2, 0.25) is 0 Å². The van der Waals surface area contributed by atoms with Crippen molar-refractivity contribution in [2.45, 2.75) is 44.7 Å². The number of hydrogen-bond acceptors (Lipinski definition) is 4. The molecule has 2 aromatic rings. The molecular formula is C27H34FN3O3. The van der Waals surface area contributed by atoms with Crippen molar-refractivity contribution in [3.05, 3.63) is 65.5 Å². The van der Waals surface area contributed by atoms with E-state index in [1.165, 1.54) is 12.1 Å². The maximum atomic E-state index is 13.3. The quantitative estimate of drug-likeness (QED) is 0.647. The monoisotopic (exact) mass is 467 g/mol. The number of carbonyl (C=O) groups excluding carboxylic acids is 2. The van der Waals surface area contributed by atoms with Crippen molar-refractivity contribution in [1.29, 1.82) is 0 Å². The second-order valence-corrected chi connectivity index (χ2v) is 9.28. The van der Waals surface area contributed by atoms with Gasteiger partial charge in [-0.3, -0.25) is 14.5 Å². The highest BCUT2D eigenvalue weighted by Crippen LogP contribution is 2.31. The van der Waals surface area contributed by atoms with E-state index < -0.39 is 0 Å². The Balaban J connectivity index is 1.33. The zero-order valence-electron chi connectivity index (χ0n) is 19.8. The van der Waals surface area contributed by atoms with Crippen LogP contribution in [0.4, 0.5) is 4.39 Å². The molecular weight excluding hydrogens is 433 g/mol. The molecule has 7 heteroatoms. The van der Waals surface area contributed by atoms with E-state index in [-0.39, 0.29) is 23.7 Å². The topological polar surface area (TPSA) is 61.9 Å². The van der Waals surface area contributed by atoms with Gasteiger partial charge >= 0.3 is 0 Å². The van der Waals surface area contributed by atoms with Gasteiger partial charge < -0.3 is 15.0 Å². The first-order valence-electron chi connectivity index (χ1n) is 12.2. The highest BCUT2D eigenvalue weighted by molar-refractivity contribution is 5.82. The molecule has 1 atom stereocenters. The second-order valence-electron chi connectivity index (χ2n) is 9.28. The van der Waals surface area contributed by atoms with Gasteiger partial charge in [0.15, 0.2) is 0 Å². The summed E-state index contributed by atoms with van der Waals surface area (Å²) in [6.45, 7) is 3.04. The van der Waals surface area contributed by atoms with E-state index in [1.807, 2.05) is 29.2 Å². The van der Waals surface area contributed by atoms with Crippen LogP contribution in [0.15, 0.2) is 48.5 Å². The molecule has 6 nitrogen and oxygen atoms in total. The van der Waals surface area contributed by atoms with Crippen molar-refractivity contribution >= 4 is 11.8 Å². The highest BCUT2D eigenvalue weighted by atomic mass is 19.1. The minimum absolute atomic E-state index is 0.0363. The summed E-state index contributed by atoms with van der Waals surface area (Å²) in [5.74, 6) is 0.991. The van der Waals surface area contributed by atoms with Gasteiger partial charge in [-0.2, -0.15) is 0 Å². The van der Waals surface area contributed by atoms with E-state index in [1.54, 1.807) is 19.2 Å². The molecule has 1 heterocycles. The first-order valence-corrected chi connectivity index (χ1v) is 12.2. The lowest BCUT2D eigenvalue weighted by Crippen LogP contribution is -2.58. The average molecular weight is 468 g/mol. The minimum Gasteiger partial charge on any atom is -0.497 e. The Bertz CT molecular complexity index is 950. The normalized spacial score (nSPS) is 18.0. The number of ether oxygens (including phenoxy) is 1. The van der Waals surface area contributed by atoms with Crippen molar-refractivity contribution in [2.24, 2.45) is 5.92 Å². The Kier molecular flexibility index (Phi) is 8.16. The number of carbonyl (C=O) groups is 2. The summed E-state index contributed by atoms with van der Waals surface area (Å²) < 4.78 is 18.4. The summed E-state index contributed by atoms with van der Waals surface area (Å²) >= 11 is 0. The van der Waals surface area contributed by atoms with Crippen molar-refractivity contribution in [3.8, 4) is 5.75 Å². The molecule has 1 N–H and O–H groups in total. The summed E-state index contributed by atoms with van der Waals surface area (Å²) in [7, 11) is 1.63. The smallest absolute Gasteiger partial charge is 0.237 e. The molecule has 2 fully saturated rings. The molecule has 34 heavy (non-hydrogen) atoms. The molecule has 1 saturated carbocycles. The third-order valence-corrected chi connectivity index (χ3v) is 7.07. The van der Waals surface area contributed by atoms with Gasteiger partial charge in [0.1, 0.15) is 11.6 Å². The molecule has 0 radical (unpaired) electrons. The van der Waals surface area contributed by atoms with Crippen LogP contribution in [-0.4, -0.2) is 60.9 Å². The number of nitrogens with one attached hydrogen (secondary N) is 1. The molecule has 2 aromatic carbocycles. The van der Waals surface area contributed by atoms with E-state index in [4.69, 9.17) is 4.74 Å². The molecule has 0 spiro atoms. The Hall–Kier alpha value is -2.93. The zero-order valence-corrected chi connectivity index (χ0v) is 19.8. The van der Waals surface area contributed by atoms with Crippen LogP contribution in [-0.2, 0) is 22.6 Å². The number of methoxy groups -OCH3 is 1. The van der Waals surface area contributed by atoms with E-state index in [9.17, 15) is 14.0 Å². The van der Waals surface area contributed by atoms with Gasteiger partial charge in [-0.1, -0.05) is 37.1 Å². The zero-order chi connectivity index (χ0) is 23.9. The van der Waals surface area contributed by atoms with Crippen LogP contribution in [0, 0.1) is 11.7 Å². The van der Waals surface area contributed by atoms with Crippen LogP contribution in [0.25, 0.3) is 0 Å². The molecule has 1 unspecified atom stereocenters. The molecule has 0 bridgehead atoms. The summed E-state index contributed by atoms with van der Waals surface area (Å²) in [6.07, 6.45) is 4.81. The maximum Gasteiger partial charge on any atom is 0.237 e.